The molecule has 0 amide bonds. The number of aromatic nitrogens is 1. The molecule has 2 rings (SSSR count). The van der Waals surface area contributed by atoms with Crippen LogP contribution in [0.15, 0.2) is 18.3 Å². The summed E-state index contributed by atoms with van der Waals surface area (Å²) >= 11 is 5.88. The van der Waals surface area contributed by atoms with Crippen molar-refractivity contribution in [3.63, 3.8) is 0 Å². The second kappa shape index (κ2) is 6.25. The molecule has 0 aromatic carbocycles. The molecule has 5 heteroatoms. The minimum Gasteiger partial charge on any atom is -0.490 e. The molecule has 0 N–H and O–H groups in total. The predicted octanol–water partition coefficient (Wildman–Crippen LogP) is 2.31. The molecule has 2 heterocycles. The molecule has 1 aliphatic heterocycles. The van der Waals surface area contributed by atoms with Gasteiger partial charge in [-0.25, -0.2) is 4.98 Å². The third-order valence-electron chi connectivity index (χ3n) is 3.00. The van der Waals surface area contributed by atoms with E-state index < -0.39 is 0 Å². The molecule has 100 valence electrons. The first-order valence-electron chi connectivity index (χ1n) is 6.28. The molecular weight excluding hydrogens is 252 g/mol. The van der Waals surface area contributed by atoms with E-state index in [0.29, 0.717) is 19.1 Å². The van der Waals surface area contributed by atoms with Crippen LogP contribution in [0, 0.1) is 0 Å². The van der Waals surface area contributed by atoms with Crippen LogP contribution in [-0.2, 0) is 4.74 Å². The maximum Gasteiger partial charge on any atom is 0.171 e. The van der Waals surface area contributed by atoms with Crippen LogP contribution in [0.1, 0.15) is 13.8 Å². The number of hydrogen-bond acceptors (Lipinski definition) is 4. The SMILES string of the molecule is CCOc1cccnc1N1CC(CCl)OCC1C. The van der Waals surface area contributed by atoms with E-state index >= 15 is 0 Å². The lowest BCUT2D eigenvalue weighted by molar-refractivity contribution is 0.0359. The highest BCUT2D eigenvalue weighted by atomic mass is 35.5. The summed E-state index contributed by atoms with van der Waals surface area (Å²) in [5.74, 6) is 2.20. The van der Waals surface area contributed by atoms with Crippen molar-refractivity contribution < 1.29 is 9.47 Å². The number of anilines is 1. The molecule has 0 spiro atoms. The van der Waals surface area contributed by atoms with E-state index in [4.69, 9.17) is 21.1 Å². The molecule has 0 saturated carbocycles. The van der Waals surface area contributed by atoms with Gasteiger partial charge in [-0.15, -0.1) is 11.6 Å². The number of morpholine rings is 1. The Labute approximate surface area is 113 Å². The van der Waals surface area contributed by atoms with Crippen LogP contribution < -0.4 is 9.64 Å². The Balaban J connectivity index is 2.22. The Morgan fingerprint density at radius 3 is 3.17 bits per heavy atom. The monoisotopic (exact) mass is 270 g/mol. The van der Waals surface area contributed by atoms with Gasteiger partial charge < -0.3 is 14.4 Å². The molecule has 0 radical (unpaired) electrons. The number of nitrogens with zero attached hydrogens (tertiary/aromatic N) is 2. The topological polar surface area (TPSA) is 34.6 Å². The quantitative estimate of drug-likeness (QED) is 0.787. The fraction of sp³-hybridized carbons (Fsp3) is 0.615. The standard InChI is InChI=1S/C13H19ClN2O2/c1-3-17-12-5-4-6-15-13(12)16-8-11(7-14)18-9-10(16)2/h4-6,10-11H,3,7-9H2,1-2H3. The van der Waals surface area contributed by atoms with Crippen molar-refractivity contribution in [1.82, 2.24) is 4.98 Å². The Morgan fingerprint density at radius 1 is 1.61 bits per heavy atom. The molecule has 4 nitrogen and oxygen atoms in total. The smallest absolute Gasteiger partial charge is 0.171 e. The summed E-state index contributed by atoms with van der Waals surface area (Å²) in [6.07, 6.45) is 1.84. The summed E-state index contributed by atoms with van der Waals surface area (Å²) in [6, 6.07) is 4.11. The van der Waals surface area contributed by atoms with Crippen molar-refractivity contribution >= 4 is 17.4 Å². The van der Waals surface area contributed by atoms with E-state index in [1.165, 1.54) is 0 Å². The van der Waals surface area contributed by atoms with E-state index in [-0.39, 0.29) is 12.1 Å². The molecule has 2 atom stereocenters. The number of rotatable bonds is 4. The van der Waals surface area contributed by atoms with Crippen LogP contribution in [0.3, 0.4) is 0 Å². The molecule has 0 aliphatic carbocycles. The third kappa shape index (κ3) is 2.87. The average Bonchev–Trinajstić information content (AvgIpc) is 2.41. The second-order valence-corrected chi connectivity index (χ2v) is 4.68. The first kappa shape index (κ1) is 13.4. The van der Waals surface area contributed by atoms with E-state index in [1.807, 2.05) is 19.1 Å². The molecular formula is C13H19ClN2O2. The largest absolute Gasteiger partial charge is 0.490 e. The van der Waals surface area contributed by atoms with Crippen LogP contribution in [-0.4, -0.2) is 42.8 Å². The highest BCUT2D eigenvalue weighted by Gasteiger charge is 2.28. The van der Waals surface area contributed by atoms with Gasteiger partial charge in [0, 0.05) is 12.7 Å². The van der Waals surface area contributed by atoms with Gasteiger partial charge in [0.1, 0.15) is 0 Å². The summed E-state index contributed by atoms with van der Waals surface area (Å²) in [5.41, 5.74) is 0. The molecule has 18 heavy (non-hydrogen) atoms. The Bertz CT molecular complexity index is 389. The zero-order valence-electron chi connectivity index (χ0n) is 10.8. The van der Waals surface area contributed by atoms with Crippen molar-refractivity contribution in [3.05, 3.63) is 18.3 Å². The number of ether oxygens (including phenoxy) is 2. The first-order chi connectivity index (χ1) is 8.76. The summed E-state index contributed by atoms with van der Waals surface area (Å²) in [5, 5.41) is 0. The third-order valence-corrected chi connectivity index (χ3v) is 3.34. The van der Waals surface area contributed by atoms with Crippen LogP contribution >= 0.6 is 11.6 Å². The summed E-state index contributed by atoms with van der Waals surface area (Å²) < 4.78 is 11.3. The van der Waals surface area contributed by atoms with E-state index in [1.54, 1.807) is 6.20 Å². The number of pyridine rings is 1. The summed E-state index contributed by atoms with van der Waals surface area (Å²) in [7, 11) is 0. The lowest BCUT2D eigenvalue weighted by atomic mass is 10.2. The van der Waals surface area contributed by atoms with E-state index in [2.05, 4.69) is 16.8 Å². The normalized spacial score (nSPS) is 24.1. The molecule has 1 aromatic heterocycles. The zero-order chi connectivity index (χ0) is 13.0. The molecule has 2 unspecified atom stereocenters. The van der Waals surface area contributed by atoms with Gasteiger partial charge >= 0.3 is 0 Å². The minimum atomic E-state index is 0.0550. The van der Waals surface area contributed by atoms with Gasteiger partial charge in [0.05, 0.1) is 31.2 Å². The van der Waals surface area contributed by atoms with Crippen molar-refractivity contribution in [2.24, 2.45) is 0 Å². The Morgan fingerprint density at radius 2 is 2.44 bits per heavy atom. The first-order valence-corrected chi connectivity index (χ1v) is 6.81. The van der Waals surface area contributed by atoms with E-state index in [0.717, 1.165) is 18.1 Å². The average molecular weight is 271 g/mol. The number of halogens is 1. The van der Waals surface area contributed by atoms with Crippen molar-refractivity contribution in [1.29, 1.82) is 0 Å². The van der Waals surface area contributed by atoms with Crippen LogP contribution in [0.25, 0.3) is 0 Å². The molecule has 1 aromatic rings. The summed E-state index contributed by atoms with van der Waals surface area (Å²) in [4.78, 5) is 6.65. The van der Waals surface area contributed by atoms with Gasteiger partial charge in [0.2, 0.25) is 0 Å². The van der Waals surface area contributed by atoms with Gasteiger partial charge in [0.15, 0.2) is 11.6 Å². The van der Waals surface area contributed by atoms with Gasteiger partial charge in [0.25, 0.3) is 0 Å². The van der Waals surface area contributed by atoms with Gasteiger partial charge in [-0.2, -0.15) is 0 Å². The number of alkyl halides is 1. The molecule has 1 saturated heterocycles. The zero-order valence-corrected chi connectivity index (χ0v) is 11.6. The fourth-order valence-corrected chi connectivity index (χ4v) is 2.26. The Hall–Kier alpha value is -1.00. The lowest BCUT2D eigenvalue weighted by Gasteiger charge is -2.38. The lowest BCUT2D eigenvalue weighted by Crippen LogP contribution is -2.49. The molecule has 1 fully saturated rings. The minimum absolute atomic E-state index is 0.0550. The maximum atomic E-state index is 5.88. The van der Waals surface area contributed by atoms with Crippen molar-refractivity contribution in [3.8, 4) is 5.75 Å². The van der Waals surface area contributed by atoms with Gasteiger partial charge in [-0.05, 0) is 26.0 Å². The van der Waals surface area contributed by atoms with Crippen LogP contribution in [0.2, 0.25) is 0 Å². The number of hydrogen-bond donors (Lipinski definition) is 0. The van der Waals surface area contributed by atoms with Gasteiger partial charge in [-0.3, -0.25) is 0 Å². The van der Waals surface area contributed by atoms with Crippen LogP contribution in [0.4, 0.5) is 5.82 Å². The van der Waals surface area contributed by atoms with Crippen LogP contribution in [0.5, 0.6) is 5.75 Å². The Kier molecular flexibility index (Phi) is 4.66. The molecule has 0 bridgehead atoms. The highest BCUT2D eigenvalue weighted by Crippen LogP contribution is 2.29. The van der Waals surface area contributed by atoms with Gasteiger partial charge in [-0.1, -0.05) is 0 Å². The fourth-order valence-electron chi connectivity index (χ4n) is 2.07. The maximum absolute atomic E-state index is 5.88. The second-order valence-electron chi connectivity index (χ2n) is 4.37. The predicted molar refractivity (Wildman–Crippen MR) is 72.7 cm³/mol. The molecule has 1 aliphatic rings. The summed E-state index contributed by atoms with van der Waals surface area (Å²) in [6.45, 7) is 6.15. The van der Waals surface area contributed by atoms with Crippen molar-refractivity contribution in [2.45, 2.75) is 26.0 Å². The highest BCUT2D eigenvalue weighted by molar-refractivity contribution is 6.18. The van der Waals surface area contributed by atoms with E-state index in [9.17, 15) is 0 Å². The van der Waals surface area contributed by atoms with Crippen molar-refractivity contribution in [2.75, 3.05) is 30.5 Å².